The van der Waals surface area contributed by atoms with Crippen molar-refractivity contribution in [2.24, 2.45) is 0 Å². The molecule has 0 aliphatic carbocycles. The molecule has 0 fully saturated rings. The summed E-state index contributed by atoms with van der Waals surface area (Å²) < 4.78 is 0. The molecule has 102 valence electrons. The Morgan fingerprint density at radius 2 is 2.32 bits per heavy atom. The summed E-state index contributed by atoms with van der Waals surface area (Å²) in [6, 6.07) is 4.16. The largest absolute Gasteiger partial charge is 0.348 e. The molecule has 2 rings (SSSR count). The number of alkyl halides is 1. The van der Waals surface area contributed by atoms with Gasteiger partial charge in [-0.1, -0.05) is 0 Å². The van der Waals surface area contributed by atoms with Gasteiger partial charge in [-0.15, -0.1) is 34.3 Å². The van der Waals surface area contributed by atoms with E-state index in [4.69, 9.17) is 11.6 Å². The minimum Gasteiger partial charge on any atom is -0.348 e. The third-order valence-corrected chi connectivity index (χ3v) is 4.97. The van der Waals surface area contributed by atoms with E-state index in [0.717, 1.165) is 10.7 Å². The number of hydrogen-bond donors (Lipinski definition) is 1. The van der Waals surface area contributed by atoms with E-state index in [1.807, 2.05) is 12.3 Å². The van der Waals surface area contributed by atoms with E-state index in [1.165, 1.54) is 21.1 Å². The van der Waals surface area contributed by atoms with Crippen LogP contribution in [0.25, 0.3) is 0 Å². The van der Waals surface area contributed by atoms with E-state index >= 15 is 0 Å². The van der Waals surface area contributed by atoms with Crippen molar-refractivity contribution in [3.8, 4) is 0 Å². The van der Waals surface area contributed by atoms with Crippen molar-refractivity contribution in [3.63, 3.8) is 0 Å². The molecular formula is C13H15ClN2OS2. The predicted molar refractivity (Wildman–Crippen MR) is 81.0 cm³/mol. The number of carbonyl (C=O) groups excluding carboxylic acids is 1. The van der Waals surface area contributed by atoms with Gasteiger partial charge in [0, 0.05) is 15.1 Å². The van der Waals surface area contributed by atoms with E-state index in [1.54, 1.807) is 11.3 Å². The molecule has 3 nitrogen and oxygen atoms in total. The molecule has 0 saturated heterocycles. The monoisotopic (exact) mass is 314 g/mol. The van der Waals surface area contributed by atoms with E-state index in [2.05, 4.69) is 29.4 Å². The zero-order valence-electron chi connectivity index (χ0n) is 10.8. The number of nitrogens with one attached hydrogen (secondary N) is 1. The van der Waals surface area contributed by atoms with Crippen LogP contribution in [-0.2, 0) is 17.1 Å². The SMILES string of the molecule is Cc1ccc(C(C)NC(=O)Cc2nc(CCl)cs2)s1. The zero-order chi connectivity index (χ0) is 13.8. The summed E-state index contributed by atoms with van der Waals surface area (Å²) in [5, 5.41) is 5.69. The molecule has 1 amide bonds. The third kappa shape index (κ3) is 4.03. The van der Waals surface area contributed by atoms with Gasteiger partial charge in [-0.3, -0.25) is 4.79 Å². The molecule has 6 heteroatoms. The second-order valence-electron chi connectivity index (χ2n) is 4.28. The quantitative estimate of drug-likeness (QED) is 0.856. The van der Waals surface area contributed by atoms with Crippen LogP contribution in [0, 0.1) is 6.92 Å². The number of thiazole rings is 1. The highest BCUT2D eigenvalue weighted by molar-refractivity contribution is 7.12. The first-order valence-corrected chi connectivity index (χ1v) is 8.16. The number of rotatable bonds is 5. The summed E-state index contributed by atoms with van der Waals surface area (Å²) in [4.78, 5) is 18.6. The van der Waals surface area contributed by atoms with Crippen LogP contribution in [0.3, 0.4) is 0 Å². The minimum absolute atomic E-state index is 0.00553. The number of thiophene rings is 1. The van der Waals surface area contributed by atoms with Crippen molar-refractivity contribution < 1.29 is 4.79 Å². The van der Waals surface area contributed by atoms with Gasteiger partial charge in [-0.2, -0.15) is 0 Å². The molecule has 0 saturated carbocycles. The second kappa shape index (κ2) is 6.50. The van der Waals surface area contributed by atoms with Crippen molar-refractivity contribution in [2.75, 3.05) is 0 Å². The lowest BCUT2D eigenvalue weighted by molar-refractivity contribution is -0.121. The molecule has 0 radical (unpaired) electrons. The number of hydrogen-bond acceptors (Lipinski definition) is 4. The average molecular weight is 315 g/mol. The highest BCUT2D eigenvalue weighted by atomic mass is 35.5. The standard InChI is InChI=1S/C13H15ClN2OS2/c1-8-3-4-11(19-8)9(2)15-12(17)5-13-16-10(6-14)7-18-13/h3-4,7,9H,5-6H2,1-2H3,(H,15,17). The fraction of sp³-hybridized carbons (Fsp3) is 0.385. The van der Waals surface area contributed by atoms with Gasteiger partial charge < -0.3 is 5.32 Å². The maximum absolute atomic E-state index is 11.9. The van der Waals surface area contributed by atoms with Gasteiger partial charge in [-0.25, -0.2) is 4.98 Å². The van der Waals surface area contributed by atoms with Gasteiger partial charge in [-0.05, 0) is 26.0 Å². The van der Waals surface area contributed by atoms with Crippen LogP contribution in [0.1, 0.15) is 33.4 Å². The molecule has 0 aliphatic heterocycles. The van der Waals surface area contributed by atoms with Gasteiger partial charge in [0.25, 0.3) is 0 Å². The van der Waals surface area contributed by atoms with Crippen LogP contribution in [0.5, 0.6) is 0 Å². The van der Waals surface area contributed by atoms with Crippen LogP contribution in [0.15, 0.2) is 17.5 Å². The minimum atomic E-state index is -0.00553. The summed E-state index contributed by atoms with van der Waals surface area (Å²) in [5.74, 6) is 0.386. The molecule has 0 bridgehead atoms. The highest BCUT2D eigenvalue weighted by Crippen LogP contribution is 2.22. The lowest BCUT2D eigenvalue weighted by Gasteiger charge is -2.11. The molecule has 0 aliphatic rings. The topological polar surface area (TPSA) is 42.0 Å². The fourth-order valence-corrected chi connectivity index (χ4v) is 3.58. The molecule has 0 aromatic carbocycles. The Balaban J connectivity index is 1.90. The van der Waals surface area contributed by atoms with Crippen molar-refractivity contribution >= 4 is 40.2 Å². The summed E-state index contributed by atoms with van der Waals surface area (Å²) in [7, 11) is 0. The lowest BCUT2D eigenvalue weighted by atomic mass is 10.2. The number of amides is 1. The van der Waals surface area contributed by atoms with E-state index in [0.29, 0.717) is 12.3 Å². The van der Waals surface area contributed by atoms with Crippen LogP contribution >= 0.6 is 34.3 Å². The summed E-state index contributed by atoms with van der Waals surface area (Å²) >= 11 is 8.87. The number of aryl methyl sites for hydroxylation is 1. The molecule has 2 heterocycles. The first kappa shape index (κ1) is 14.5. The predicted octanol–water partition coefficient (Wildman–Crippen LogP) is 3.67. The Morgan fingerprint density at radius 3 is 2.89 bits per heavy atom. The molecule has 1 unspecified atom stereocenters. The number of halogens is 1. The Labute approximate surface area is 125 Å². The number of aromatic nitrogens is 1. The molecule has 1 N–H and O–H groups in total. The van der Waals surface area contributed by atoms with E-state index in [-0.39, 0.29) is 11.9 Å². The third-order valence-electron chi connectivity index (χ3n) is 2.61. The molecule has 19 heavy (non-hydrogen) atoms. The molecule has 2 aromatic heterocycles. The maximum atomic E-state index is 11.9. The van der Waals surface area contributed by atoms with E-state index in [9.17, 15) is 4.79 Å². The second-order valence-corrected chi connectivity index (χ2v) is 6.81. The van der Waals surface area contributed by atoms with Crippen molar-refractivity contribution in [1.82, 2.24) is 10.3 Å². The maximum Gasteiger partial charge on any atom is 0.227 e. The normalized spacial score (nSPS) is 12.4. The highest BCUT2D eigenvalue weighted by Gasteiger charge is 2.13. The Morgan fingerprint density at radius 1 is 1.53 bits per heavy atom. The van der Waals surface area contributed by atoms with Crippen molar-refractivity contribution in [1.29, 1.82) is 0 Å². The summed E-state index contributed by atoms with van der Waals surface area (Å²) in [6.07, 6.45) is 0.316. The van der Waals surface area contributed by atoms with Crippen molar-refractivity contribution in [2.45, 2.75) is 32.2 Å². The molecule has 1 atom stereocenters. The van der Waals surface area contributed by atoms with Gasteiger partial charge in [0.2, 0.25) is 5.91 Å². The first-order valence-electron chi connectivity index (χ1n) is 5.93. The molecule has 2 aromatic rings. The summed E-state index contributed by atoms with van der Waals surface area (Å²) in [6.45, 7) is 4.06. The zero-order valence-corrected chi connectivity index (χ0v) is 13.2. The Bertz CT molecular complexity index is 564. The summed E-state index contributed by atoms with van der Waals surface area (Å²) in [5.41, 5.74) is 0.830. The van der Waals surface area contributed by atoms with E-state index < -0.39 is 0 Å². The van der Waals surface area contributed by atoms with Crippen LogP contribution in [0.4, 0.5) is 0 Å². The Kier molecular flexibility index (Phi) is 4.96. The Hall–Kier alpha value is -0.910. The van der Waals surface area contributed by atoms with Crippen molar-refractivity contribution in [3.05, 3.63) is 38.0 Å². The van der Waals surface area contributed by atoms with Crippen LogP contribution < -0.4 is 5.32 Å². The van der Waals surface area contributed by atoms with Gasteiger partial charge >= 0.3 is 0 Å². The van der Waals surface area contributed by atoms with Crippen LogP contribution in [-0.4, -0.2) is 10.9 Å². The average Bonchev–Trinajstić information content (AvgIpc) is 2.97. The van der Waals surface area contributed by atoms with Crippen LogP contribution in [0.2, 0.25) is 0 Å². The van der Waals surface area contributed by atoms with Gasteiger partial charge in [0.05, 0.1) is 24.0 Å². The van der Waals surface area contributed by atoms with Gasteiger partial charge in [0.15, 0.2) is 0 Å². The molecular weight excluding hydrogens is 300 g/mol. The fourth-order valence-electron chi connectivity index (χ4n) is 1.68. The first-order chi connectivity index (χ1) is 9.08. The number of nitrogens with zero attached hydrogens (tertiary/aromatic N) is 1. The smallest absolute Gasteiger partial charge is 0.227 e. The molecule has 0 spiro atoms. The van der Waals surface area contributed by atoms with Gasteiger partial charge in [0.1, 0.15) is 5.01 Å². The lowest BCUT2D eigenvalue weighted by Crippen LogP contribution is -2.27. The number of carbonyl (C=O) groups is 1.